The third-order valence-electron chi connectivity index (χ3n) is 3.07. The standard InChI is InChI=1S/C16H21N5O3/c1-5-24-12-8-6-11(7-9-12)14(22)17-10-13-18-15(21(2)3)20-16(19-13)23-4/h6-9H,5,10H2,1-4H3,(H,17,22). The smallest absolute Gasteiger partial charge is 0.321 e. The second-order valence-electron chi connectivity index (χ2n) is 5.07. The number of hydrogen-bond acceptors (Lipinski definition) is 7. The highest BCUT2D eigenvalue weighted by atomic mass is 16.5. The summed E-state index contributed by atoms with van der Waals surface area (Å²) >= 11 is 0. The van der Waals surface area contributed by atoms with E-state index in [0.717, 1.165) is 5.75 Å². The van der Waals surface area contributed by atoms with Crippen LogP contribution in [0.1, 0.15) is 23.1 Å². The number of nitrogens with one attached hydrogen (secondary N) is 1. The quantitative estimate of drug-likeness (QED) is 0.817. The molecule has 0 saturated heterocycles. The first kappa shape index (κ1) is 17.5. The number of benzene rings is 1. The fourth-order valence-electron chi connectivity index (χ4n) is 1.89. The maximum Gasteiger partial charge on any atom is 0.321 e. The Morgan fingerprint density at radius 1 is 1.17 bits per heavy atom. The third kappa shape index (κ3) is 4.55. The van der Waals surface area contributed by atoms with E-state index in [4.69, 9.17) is 9.47 Å². The summed E-state index contributed by atoms with van der Waals surface area (Å²) in [5, 5.41) is 2.78. The second kappa shape index (κ2) is 8.09. The van der Waals surface area contributed by atoms with Crippen LogP contribution in [0.15, 0.2) is 24.3 Å². The van der Waals surface area contributed by atoms with Crippen LogP contribution in [0.25, 0.3) is 0 Å². The van der Waals surface area contributed by atoms with Gasteiger partial charge in [-0.1, -0.05) is 0 Å². The molecule has 1 aromatic heterocycles. The minimum atomic E-state index is -0.219. The molecular formula is C16H21N5O3. The number of carbonyl (C=O) groups excluding carboxylic acids is 1. The average molecular weight is 331 g/mol. The van der Waals surface area contributed by atoms with E-state index in [1.807, 2.05) is 21.0 Å². The highest BCUT2D eigenvalue weighted by Gasteiger charge is 2.11. The number of nitrogens with zero attached hydrogens (tertiary/aromatic N) is 4. The fourth-order valence-corrected chi connectivity index (χ4v) is 1.89. The maximum atomic E-state index is 12.2. The highest BCUT2D eigenvalue weighted by molar-refractivity contribution is 5.94. The number of carbonyl (C=O) groups is 1. The van der Waals surface area contributed by atoms with Crippen LogP contribution in [0.5, 0.6) is 11.8 Å². The minimum Gasteiger partial charge on any atom is -0.494 e. The summed E-state index contributed by atoms with van der Waals surface area (Å²) in [7, 11) is 5.12. The minimum absolute atomic E-state index is 0.172. The van der Waals surface area contributed by atoms with Gasteiger partial charge in [-0.25, -0.2) is 0 Å². The van der Waals surface area contributed by atoms with Crippen molar-refractivity contribution in [2.45, 2.75) is 13.5 Å². The molecule has 128 valence electrons. The van der Waals surface area contributed by atoms with Gasteiger partial charge in [0.25, 0.3) is 5.91 Å². The van der Waals surface area contributed by atoms with Crippen molar-refractivity contribution < 1.29 is 14.3 Å². The number of ether oxygens (including phenoxy) is 2. The predicted molar refractivity (Wildman–Crippen MR) is 89.5 cm³/mol. The molecule has 8 nitrogen and oxygen atoms in total. The van der Waals surface area contributed by atoms with Gasteiger partial charge in [0.1, 0.15) is 5.75 Å². The fraction of sp³-hybridized carbons (Fsp3) is 0.375. The molecule has 1 N–H and O–H groups in total. The largest absolute Gasteiger partial charge is 0.494 e. The Kier molecular flexibility index (Phi) is 5.89. The molecule has 0 atom stereocenters. The van der Waals surface area contributed by atoms with Gasteiger partial charge in [-0.15, -0.1) is 0 Å². The van der Waals surface area contributed by atoms with Gasteiger partial charge < -0.3 is 19.7 Å². The molecule has 1 aromatic carbocycles. The van der Waals surface area contributed by atoms with E-state index in [0.29, 0.717) is 23.9 Å². The summed E-state index contributed by atoms with van der Waals surface area (Å²) in [6, 6.07) is 7.14. The Labute approximate surface area is 140 Å². The summed E-state index contributed by atoms with van der Waals surface area (Å²) < 4.78 is 10.4. The molecule has 24 heavy (non-hydrogen) atoms. The number of aromatic nitrogens is 3. The zero-order chi connectivity index (χ0) is 17.5. The van der Waals surface area contributed by atoms with Crippen molar-refractivity contribution in [3.63, 3.8) is 0 Å². The average Bonchev–Trinajstić information content (AvgIpc) is 2.60. The Bertz CT molecular complexity index is 689. The van der Waals surface area contributed by atoms with E-state index in [1.54, 1.807) is 29.2 Å². The topological polar surface area (TPSA) is 89.5 Å². The molecule has 0 spiro atoms. The molecule has 0 saturated carbocycles. The number of hydrogen-bond donors (Lipinski definition) is 1. The van der Waals surface area contributed by atoms with E-state index in [1.165, 1.54) is 7.11 Å². The van der Waals surface area contributed by atoms with Crippen molar-refractivity contribution in [2.24, 2.45) is 0 Å². The zero-order valence-corrected chi connectivity index (χ0v) is 14.2. The first-order chi connectivity index (χ1) is 11.5. The van der Waals surface area contributed by atoms with E-state index in [2.05, 4.69) is 20.3 Å². The second-order valence-corrected chi connectivity index (χ2v) is 5.07. The van der Waals surface area contributed by atoms with Crippen LogP contribution in [0.4, 0.5) is 5.95 Å². The molecule has 0 unspecified atom stereocenters. The highest BCUT2D eigenvalue weighted by Crippen LogP contribution is 2.13. The molecule has 2 aromatic rings. The van der Waals surface area contributed by atoms with Crippen LogP contribution in [0.3, 0.4) is 0 Å². The number of rotatable bonds is 7. The van der Waals surface area contributed by atoms with Crippen molar-refractivity contribution in [3.8, 4) is 11.8 Å². The van der Waals surface area contributed by atoms with Crippen LogP contribution >= 0.6 is 0 Å². The van der Waals surface area contributed by atoms with Crippen molar-refractivity contribution in [2.75, 3.05) is 32.7 Å². The first-order valence-corrected chi connectivity index (χ1v) is 7.50. The Morgan fingerprint density at radius 3 is 2.46 bits per heavy atom. The molecule has 8 heteroatoms. The molecule has 2 rings (SSSR count). The number of methoxy groups -OCH3 is 1. The molecule has 0 bridgehead atoms. The summed E-state index contributed by atoms with van der Waals surface area (Å²) in [6.45, 7) is 2.67. The lowest BCUT2D eigenvalue weighted by Crippen LogP contribution is -2.25. The van der Waals surface area contributed by atoms with E-state index in [9.17, 15) is 4.79 Å². The van der Waals surface area contributed by atoms with Crippen LogP contribution in [0, 0.1) is 0 Å². The van der Waals surface area contributed by atoms with Gasteiger partial charge in [0.15, 0.2) is 5.82 Å². The van der Waals surface area contributed by atoms with Gasteiger partial charge in [0.2, 0.25) is 5.95 Å². The number of amides is 1. The van der Waals surface area contributed by atoms with E-state index >= 15 is 0 Å². The van der Waals surface area contributed by atoms with Crippen molar-refractivity contribution in [1.29, 1.82) is 0 Å². The molecule has 0 aliphatic heterocycles. The predicted octanol–water partition coefficient (Wildman–Crippen LogP) is 1.27. The van der Waals surface area contributed by atoms with E-state index in [-0.39, 0.29) is 18.5 Å². The van der Waals surface area contributed by atoms with Crippen LogP contribution in [-0.4, -0.2) is 48.7 Å². The number of anilines is 1. The molecule has 0 fully saturated rings. The monoisotopic (exact) mass is 331 g/mol. The molecule has 1 heterocycles. The Morgan fingerprint density at radius 2 is 1.88 bits per heavy atom. The molecule has 0 aliphatic rings. The van der Waals surface area contributed by atoms with Crippen molar-refractivity contribution >= 4 is 11.9 Å². The Hall–Kier alpha value is -2.90. The van der Waals surface area contributed by atoms with E-state index < -0.39 is 0 Å². The summed E-state index contributed by atoms with van der Waals surface area (Å²) in [5.41, 5.74) is 0.535. The summed E-state index contributed by atoms with van der Waals surface area (Å²) in [5.74, 6) is 1.40. The normalized spacial score (nSPS) is 10.2. The lowest BCUT2D eigenvalue weighted by Gasteiger charge is -2.12. The molecule has 0 radical (unpaired) electrons. The van der Waals surface area contributed by atoms with Gasteiger partial charge in [-0.2, -0.15) is 15.0 Å². The molecular weight excluding hydrogens is 310 g/mol. The SMILES string of the molecule is CCOc1ccc(C(=O)NCc2nc(OC)nc(N(C)C)n2)cc1. The van der Waals surface area contributed by atoms with Gasteiger partial charge in [0, 0.05) is 19.7 Å². The molecule has 0 aliphatic carbocycles. The van der Waals surface area contributed by atoms with Crippen molar-refractivity contribution in [1.82, 2.24) is 20.3 Å². The van der Waals surface area contributed by atoms with Crippen molar-refractivity contribution in [3.05, 3.63) is 35.7 Å². The lowest BCUT2D eigenvalue weighted by atomic mass is 10.2. The zero-order valence-electron chi connectivity index (χ0n) is 14.2. The maximum absolute atomic E-state index is 12.2. The third-order valence-corrected chi connectivity index (χ3v) is 3.07. The van der Waals surface area contributed by atoms with Gasteiger partial charge in [-0.3, -0.25) is 4.79 Å². The van der Waals surface area contributed by atoms with Gasteiger partial charge in [0.05, 0.1) is 20.3 Å². The summed E-state index contributed by atoms with van der Waals surface area (Å²) in [6.07, 6.45) is 0. The van der Waals surface area contributed by atoms with Gasteiger partial charge >= 0.3 is 6.01 Å². The van der Waals surface area contributed by atoms with Crippen LogP contribution < -0.4 is 19.7 Å². The molecule has 1 amide bonds. The first-order valence-electron chi connectivity index (χ1n) is 7.50. The Balaban J connectivity index is 2.04. The van der Waals surface area contributed by atoms with Gasteiger partial charge in [-0.05, 0) is 31.2 Å². The lowest BCUT2D eigenvalue weighted by molar-refractivity contribution is 0.0949. The summed E-state index contributed by atoms with van der Waals surface area (Å²) in [4.78, 5) is 26.5. The van der Waals surface area contributed by atoms with Crippen LogP contribution in [-0.2, 0) is 6.54 Å². The van der Waals surface area contributed by atoms with Crippen LogP contribution in [0.2, 0.25) is 0 Å².